The monoisotopic (exact) mass is 697 g/mol. The second-order valence-electron chi connectivity index (χ2n) is 14.4. The molecule has 0 radical (unpaired) electrons. The second kappa shape index (κ2) is 17.8. The fraction of sp³-hybridized carbons (Fsp3) is 0.514. The maximum absolute atomic E-state index is 12.2. The Kier molecular flexibility index (Phi) is 13.5. The van der Waals surface area contributed by atoms with E-state index < -0.39 is 5.97 Å². The van der Waals surface area contributed by atoms with Crippen molar-refractivity contribution in [2.75, 3.05) is 77.3 Å². The molecule has 14 nitrogen and oxygen atoms in total. The van der Waals surface area contributed by atoms with Crippen LogP contribution in [0.3, 0.4) is 0 Å². The smallest absolute Gasteiger partial charge is 0.317 e. The fourth-order valence-electron chi connectivity index (χ4n) is 7.14. The van der Waals surface area contributed by atoms with Crippen molar-refractivity contribution in [3.05, 3.63) is 60.2 Å². The van der Waals surface area contributed by atoms with Crippen molar-refractivity contribution in [2.24, 2.45) is 23.5 Å². The lowest BCUT2D eigenvalue weighted by molar-refractivity contribution is -0.137. The molecule has 3 N–H and O–H groups in total. The minimum Gasteiger partial charge on any atom is -0.480 e. The Labute approximate surface area is 300 Å². The van der Waals surface area contributed by atoms with Crippen LogP contribution in [0.4, 0.5) is 11.4 Å². The van der Waals surface area contributed by atoms with Crippen LogP contribution in [0, 0.1) is 40.4 Å². The van der Waals surface area contributed by atoms with E-state index in [0.717, 1.165) is 61.4 Å². The number of hydrogen-bond acceptors (Lipinski definition) is 11. The third kappa shape index (κ3) is 10.5. The lowest BCUT2D eigenvalue weighted by Gasteiger charge is -2.38. The number of aliphatic carboxylic acids is 1. The van der Waals surface area contributed by atoms with Gasteiger partial charge in [0, 0.05) is 38.6 Å². The number of piperidine rings is 2. The molecule has 0 unspecified atom stereocenters. The van der Waals surface area contributed by atoms with E-state index in [-0.39, 0.29) is 12.6 Å². The standard InChI is InChI=1S/C19H25N5O.C14H17N5.C4H9NO2/c1-14-8-15(9-17(25)13-22(2)3)12-23(11-14)18-5-4-16(10-20)24-19(18)6-7-21-24;1-10-6-11(16)9-18(8-10)13-3-2-12(7-15)19-14(13)4-5-17-19;1-5(2)3-4(6)7/h4-7,14-15H,8-9,11-13H2,1-3H3;2-5,10-11H,6,8-9,16H2,1H3;3H2,1-2H3,(H,6,7)/t14-,15-;10-,11+;/m00./s1. The van der Waals surface area contributed by atoms with Gasteiger partial charge in [0.2, 0.25) is 0 Å². The van der Waals surface area contributed by atoms with Crippen molar-refractivity contribution in [2.45, 2.75) is 39.2 Å². The first-order valence-electron chi connectivity index (χ1n) is 17.3. The highest BCUT2D eigenvalue weighted by molar-refractivity contribution is 5.81. The molecule has 2 aliphatic heterocycles. The van der Waals surface area contributed by atoms with Crippen LogP contribution >= 0.6 is 0 Å². The van der Waals surface area contributed by atoms with Crippen molar-refractivity contribution in [1.29, 1.82) is 10.5 Å². The van der Waals surface area contributed by atoms with Crippen LogP contribution in [0.25, 0.3) is 11.0 Å². The molecule has 0 spiro atoms. The van der Waals surface area contributed by atoms with Gasteiger partial charge in [0.15, 0.2) is 0 Å². The maximum atomic E-state index is 12.2. The minimum absolute atomic E-state index is 0.111. The molecule has 0 aromatic carbocycles. The highest BCUT2D eigenvalue weighted by atomic mass is 16.4. The van der Waals surface area contributed by atoms with Gasteiger partial charge >= 0.3 is 5.97 Å². The van der Waals surface area contributed by atoms with E-state index in [1.54, 1.807) is 40.4 Å². The first kappa shape index (κ1) is 38.8. The SMILES string of the molecule is CN(C)CC(=O)O.C[C@H]1C[C@@H](CC(=O)CN(C)C)CN(c2ccc(C#N)n3nccc23)C1.C[C@H]1C[C@@H](N)CN(c2ccc(C#N)n3nccc23)C1. The summed E-state index contributed by atoms with van der Waals surface area (Å²) in [6.07, 6.45) is 6.24. The summed E-state index contributed by atoms with van der Waals surface area (Å²) in [5.74, 6) is 1.00. The normalized spacial score (nSPS) is 20.3. The molecule has 0 saturated carbocycles. The van der Waals surface area contributed by atoms with E-state index in [9.17, 15) is 14.9 Å². The summed E-state index contributed by atoms with van der Waals surface area (Å²) in [5.41, 5.74) is 11.3. The summed E-state index contributed by atoms with van der Waals surface area (Å²) in [4.78, 5) is 30.2. The zero-order valence-corrected chi connectivity index (χ0v) is 30.6. The van der Waals surface area contributed by atoms with Gasteiger partial charge in [-0.2, -0.15) is 20.7 Å². The number of carbonyl (C=O) groups is 2. The van der Waals surface area contributed by atoms with E-state index >= 15 is 0 Å². The Morgan fingerprint density at radius 3 is 1.71 bits per heavy atom. The number of ketones is 1. The van der Waals surface area contributed by atoms with Crippen molar-refractivity contribution in [3.63, 3.8) is 0 Å². The number of nitrogens with zero attached hydrogens (tertiary/aromatic N) is 10. The number of Topliss-reactive ketones (excluding diaryl/α,β-unsaturated/α-hetero) is 1. The van der Waals surface area contributed by atoms with Crippen LogP contribution in [0.1, 0.15) is 44.5 Å². The van der Waals surface area contributed by atoms with Gasteiger partial charge in [-0.25, -0.2) is 9.03 Å². The van der Waals surface area contributed by atoms with Crippen LogP contribution in [0.5, 0.6) is 0 Å². The predicted molar refractivity (Wildman–Crippen MR) is 198 cm³/mol. The predicted octanol–water partition coefficient (Wildman–Crippen LogP) is 3.20. The molecule has 4 atom stereocenters. The van der Waals surface area contributed by atoms with Gasteiger partial charge in [-0.1, -0.05) is 13.8 Å². The lowest BCUT2D eigenvalue weighted by atomic mass is 9.86. The molecule has 0 amide bonds. The van der Waals surface area contributed by atoms with Crippen molar-refractivity contribution < 1.29 is 14.7 Å². The van der Waals surface area contributed by atoms with Crippen molar-refractivity contribution in [1.82, 2.24) is 29.0 Å². The van der Waals surface area contributed by atoms with Crippen LogP contribution in [0.15, 0.2) is 48.8 Å². The molecule has 0 bridgehead atoms. The number of carboxylic acid groups (broad SMARTS) is 1. The van der Waals surface area contributed by atoms with Gasteiger partial charge in [0.1, 0.15) is 29.3 Å². The first-order valence-corrected chi connectivity index (χ1v) is 17.3. The molecule has 2 fully saturated rings. The molecule has 4 aromatic rings. The molecule has 2 aliphatic rings. The number of nitrogens with two attached hydrogens (primary N) is 1. The summed E-state index contributed by atoms with van der Waals surface area (Å²) < 4.78 is 3.39. The van der Waals surface area contributed by atoms with Crippen LogP contribution < -0.4 is 15.5 Å². The Morgan fingerprint density at radius 1 is 0.784 bits per heavy atom. The highest BCUT2D eigenvalue weighted by Gasteiger charge is 2.28. The number of likely N-dealkylation sites (N-methyl/N-ethyl adjacent to an activating group) is 2. The summed E-state index contributed by atoms with van der Waals surface area (Å²) in [5, 5.41) is 34.9. The third-order valence-electron chi connectivity index (χ3n) is 8.87. The van der Waals surface area contributed by atoms with E-state index in [4.69, 9.17) is 16.1 Å². The molecule has 4 aromatic heterocycles. The number of hydrogen-bond donors (Lipinski definition) is 2. The number of rotatable bonds is 8. The van der Waals surface area contributed by atoms with Gasteiger partial charge in [0.25, 0.3) is 0 Å². The topological polar surface area (TPSA) is 176 Å². The van der Waals surface area contributed by atoms with Gasteiger partial charge in [0.05, 0.1) is 47.9 Å². The summed E-state index contributed by atoms with van der Waals surface area (Å²) in [6, 6.07) is 16.1. The molecular weight excluding hydrogens is 646 g/mol. The van der Waals surface area contributed by atoms with Crippen molar-refractivity contribution in [3.8, 4) is 12.1 Å². The number of carboxylic acids is 1. The van der Waals surface area contributed by atoms with Crippen LogP contribution in [-0.4, -0.2) is 119 Å². The molecule has 6 rings (SSSR count). The number of anilines is 2. The van der Waals surface area contributed by atoms with Gasteiger partial charge in [-0.05, 0) is 95.2 Å². The first-order chi connectivity index (χ1) is 24.3. The van der Waals surface area contributed by atoms with E-state index in [0.29, 0.717) is 47.9 Å². The average Bonchev–Trinajstić information content (AvgIpc) is 3.74. The van der Waals surface area contributed by atoms with Gasteiger partial charge in [-0.3, -0.25) is 14.5 Å². The largest absolute Gasteiger partial charge is 0.480 e. The molecule has 2 saturated heterocycles. The highest BCUT2D eigenvalue weighted by Crippen LogP contribution is 2.32. The molecule has 0 aliphatic carbocycles. The summed E-state index contributed by atoms with van der Waals surface area (Å²) >= 11 is 0. The number of nitriles is 2. The van der Waals surface area contributed by atoms with E-state index in [1.165, 1.54) is 0 Å². The third-order valence-corrected chi connectivity index (χ3v) is 8.87. The molecule has 51 heavy (non-hydrogen) atoms. The fourth-order valence-corrected chi connectivity index (χ4v) is 7.14. The van der Waals surface area contributed by atoms with Crippen LogP contribution in [-0.2, 0) is 9.59 Å². The van der Waals surface area contributed by atoms with E-state index in [1.807, 2.05) is 55.4 Å². The second-order valence-corrected chi connectivity index (χ2v) is 14.4. The quantitative estimate of drug-likeness (QED) is 0.276. The van der Waals surface area contributed by atoms with Crippen molar-refractivity contribution >= 4 is 34.2 Å². The zero-order chi connectivity index (χ0) is 37.2. The number of pyridine rings is 2. The maximum Gasteiger partial charge on any atom is 0.317 e. The minimum atomic E-state index is -0.787. The van der Waals surface area contributed by atoms with Gasteiger partial charge < -0.3 is 25.5 Å². The average molecular weight is 698 g/mol. The Morgan fingerprint density at radius 2 is 1.27 bits per heavy atom. The Balaban J connectivity index is 0.000000198. The zero-order valence-electron chi connectivity index (χ0n) is 30.6. The molecule has 14 heteroatoms. The molecular formula is C37H51N11O3. The van der Waals surface area contributed by atoms with Crippen LogP contribution in [0.2, 0.25) is 0 Å². The summed E-state index contributed by atoms with van der Waals surface area (Å²) in [6.45, 7) is 8.78. The number of aromatic nitrogens is 4. The Bertz CT molecular complexity index is 1860. The van der Waals surface area contributed by atoms with E-state index in [2.05, 4.69) is 46.0 Å². The number of fused-ring (bicyclic) bond motifs is 2. The molecule has 272 valence electrons. The Hall–Kier alpha value is -5.02. The summed E-state index contributed by atoms with van der Waals surface area (Å²) in [7, 11) is 7.30. The lowest BCUT2D eigenvalue weighted by Crippen LogP contribution is -2.46. The molecule has 6 heterocycles. The van der Waals surface area contributed by atoms with Gasteiger partial charge in [-0.15, -0.1) is 0 Å². The number of carbonyl (C=O) groups excluding carboxylic acids is 1.